The van der Waals surface area contributed by atoms with E-state index in [1.165, 1.54) is 6.07 Å². The first-order chi connectivity index (χ1) is 10.5. The number of hydrogen-bond acceptors (Lipinski definition) is 4. The first-order valence-corrected chi connectivity index (χ1v) is 7.77. The topological polar surface area (TPSA) is 41.3 Å². The lowest BCUT2D eigenvalue weighted by Gasteiger charge is -2.19. The summed E-state index contributed by atoms with van der Waals surface area (Å²) in [6.07, 6.45) is 1.02. The van der Waals surface area contributed by atoms with Crippen molar-refractivity contribution in [1.29, 1.82) is 0 Å². The van der Waals surface area contributed by atoms with Crippen molar-refractivity contribution in [3.05, 3.63) is 46.1 Å². The molecule has 0 saturated carbocycles. The second-order valence-corrected chi connectivity index (χ2v) is 6.12. The van der Waals surface area contributed by atoms with Crippen molar-refractivity contribution in [2.45, 2.75) is 32.9 Å². The lowest BCUT2D eigenvalue weighted by molar-refractivity contribution is 0.391. The van der Waals surface area contributed by atoms with Gasteiger partial charge in [0, 0.05) is 36.9 Å². The molecule has 3 rings (SSSR count). The zero-order valence-electron chi connectivity index (χ0n) is 12.7. The number of hydrogen-bond donors (Lipinski definition) is 1. The lowest BCUT2D eigenvalue weighted by Crippen LogP contribution is -2.32. The summed E-state index contributed by atoms with van der Waals surface area (Å²) in [6, 6.07) is 5.34. The van der Waals surface area contributed by atoms with Gasteiger partial charge >= 0.3 is 0 Å². The van der Waals surface area contributed by atoms with Crippen molar-refractivity contribution in [2.24, 2.45) is 0 Å². The summed E-state index contributed by atoms with van der Waals surface area (Å²) in [5.74, 6) is 0.492. The number of anilines is 1. The minimum atomic E-state index is -0.369. The first-order valence-electron chi connectivity index (χ1n) is 7.39. The van der Waals surface area contributed by atoms with Crippen molar-refractivity contribution in [3.63, 3.8) is 0 Å². The molecule has 118 valence electrons. The summed E-state index contributed by atoms with van der Waals surface area (Å²) in [6.45, 7) is 6.37. The Morgan fingerprint density at radius 3 is 2.95 bits per heavy atom. The van der Waals surface area contributed by atoms with Crippen LogP contribution in [0.2, 0.25) is 5.02 Å². The van der Waals surface area contributed by atoms with Gasteiger partial charge in [-0.2, -0.15) is 0 Å². The van der Waals surface area contributed by atoms with Crippen molar-refractivity contribution < 1.29 is 8.91 Å². The second-order valence-electron chi connectivity index (χ2n) is 5.71. The highest BCUT2D eigenvalue weighted by molar-refractivity contribution is 6.30. The van der Waals surface area contributed by atoms with Crippen LogP contribution >= 0.6 is 11.6 Å². The molecule has 22 heavy (non-hydrogen) atoms. The van der Waals surface area contributed by atoms with Gasteiger partial charge < -0.3 is 14.7 Å². The van der Waals surface area contributed by atoms with Crippen LogP contribution in [0.3, 0.4) is 0 Å². The monoisotopic (exact) mass is 323 g/mol. The predicted molar refractivity (Wildman–Crippen MR) is 84.8 cm³/mol. The summed E-state index contributed by atoms with van der Waals surface area (Å²) < 4.78 is 18.7. The fourth-order valence-electron chi connectivity index (χ4n) is 2.84. The van der Waals surface area contributed by atoms with E-state index in [-0.39, 0.29) is 10.8 Å². The van der Waals surface area contributed by atoms with Gasteiger partial charge in [0.05, 0.1) is 10.7 Å². The van der Waals surface area contributed by atoms with E-state index >= 15 is 0 Å². The normalized spacial score (nSPS) is 18.2. The summed E-state index contributed by atoms with van der Waals surface area (Å²) >= 11 is 5.73. The molecular formula is C16H19ClFN3O. The molecule has 0 spiro atoms. The van der Waals surface area contributed by atoms with Gasteiger partial charge in [0.25, 0.3) is 0 Å². The Balaban J connectivity index is 1.59. The van der Waals surface area contributed by atoms with Crippen LogP contribution in [-0.2, 0) is 6.54 Å². The summed E-state index contributed by atoms with van der Waals surface area (Å²) in [5, 5.41) is 7.66. The quantitative estimate of drug-likeness (QED) is 0.935. The van der Waals surface area contributed by atoms with E-state index in [9.17, 15) is 4.39 Å². The number of benzene rings is 1. The van der Waals surface area contributed by atoms with Gasteiger partial charge in [-0.25, -0.2) is 4.39 Å². The average Bonchev–Trinajstić information content (AvgIpc) is 3.08. The van der Waals surface area contributed by atoms with Crippen LogP contribution in [-0.4, -0.2) is 24.3 Å². The fraction of sp³-hybridized carbons (Fsp3) is 0.438. The maximum Gasteiger partial charge on any atom is 0.143 e. The minimum absolute atomic E-state index is 0.163. The number of nitrogens with one attached hydrogen (secondary N) is 1. The smallest absolute Gasteiger partial charge is 0.143 e. The van der Waals surface area contributed by atoms with Crippen LogP contribution in [0.5, 0.6) is 0 Å². The largest absolute Gasteiger partial charge is 0.370 e. The Bertz CT molecular complexity index is 654. The molecule has 1 saturated heterocycles. The molecule has 1 aromatic heterocycles. The van der Waals surface area contributed by atoms with Gasteiger partial charge in [-0.1, -0.05) is 16.8 Å². The molecular weight excluding hydrogens is 305 g/mol. The van der Waals surface area contributed by atoms with Crippen molar-refractivity contribution in [3.8, 4) is 0 Å². The standard InChI is InChI=1S/C16H19ClFN3O/c1-10-14(11(2)22-20-10)8-19-12-5-6-21(9-12)13-3-4-15(17)16(18)7-13/h3-4,7,12,19H,5-6,8-9H2,1-2H3/t12-/m0/s1. The molecule has 1 aromatic carbocycles. The third-order valence-corrected chi connectivity index (χ3v) is 4.51. The number of rotatable bonds is 4. The minimum Gasteiger partial charge on any atom is -0.370 e. The SMILES string of the molecule is Cc1noc(C)c1CN[C@H]1CCN(c2ccc(Cl)c(F)c2)C1. The molecule has 1 aliphatic heterocycles. The molecule has 1 fully saturated rings. The number of aromatic nitrogens is 1. The van der Waals surface area contributed by atoms with E-state index in [1.54, 1.807) is 6.07 Å². The zero-order valence-corrected chi connectivity index (χ0v) is 13.5. The molecule has 0 amide bonds. The average molecular weight is 324 g/mol. The molecule has 2 heterocycles. The second kappa shape index (κ2) is 6.26. The van der Waals surface area contributed by atoms with Crippen LogP contribution in [0.1, 0.15) is 23.4 Å². The first kappa shape index (κ1) is 15.3. The number of nitrogens with zero attached hydrogens (tertiary/aromatic N) is 2. The Morgan fingerprint density at radius 2 is 2.27 bits per heavy atom. The molecule has 1 aliphatic rings. The highest BCUT2D eigenvalue weighted by Gasteiger charge is 2.23. The Labute approximate surface area is 134 Å². The lowest BCUT2D eigenvalue weighted by atomic mass is 10.2. The third-order valence-electron chi connectivity index (χ3n) is 4.21. The summed E-state index contributed by atoms with van der Waals surface area (Å²) in [7, 11) is 0. The van der Waals surface area contributed by atoms with Crippen LogP contribution < -0.4 is 10.2 Å². The zero-order chi connectivity index (χ0) is 15.7. The maximum absolute atomic E-state index is 13.6. The van der Waals surface area contributed by atoms with E-state index in [2.05, 4.69) is 15.4 Å². The van der Waals surface area contributed by atoms with Crippen LogP contribution in [0.4, 0.5) is 10.1 Å². The van der Waals surface area contributed by atoms with Gasteiger partial charge in [0.1, 0.15) is 11.6 Å². The molecule has 0 aliphatic carbocycles. The van der Waals surface area contributed by atoms with E-state index < -0.39 is 0 Å². The van der Waals surface area contributed by atoms with E-state index in [0.29, 0.717) is 6.04 Å². The van der Waals surface area contributed by atoms with Gasteiger partial charge in [-0.05, 0) is 38.5 Å². The molecule has 1 atom stereocenters. The number of aryl methyl sites for hydroxylation is 2. The van der Waals surface area contributed by atoms with Crippen molar-refractivity contribution >= 4 is 17.3 Å². The third kappa shape index (κ3) is 3.10. The Morgan fingerprint density at radius 1 is 1.45 bits per heavy atom. The van der Waals surface area contributed by atoms with Gasteiger partial charge in [0.15, 0.2) is 0 Å². The summed E-state index contributed by atoms with van der Waals surface area (Å²) in [5.41, 5.74) is 2.93. The van der Waals surface area contributed by atoms with Crippen molar-refractivity contribution in [1.82, 2.24) is 10.5 Å². The molecule has 4 nitrogen and oxygen atoms in total. The van der Waals surface area contributed by atoms with Gasteiger partial charge in [-0.15, -0.1) is 0 Å². The highest BCUT2D eigenvalue weighted by Crippen LogP contribution is 2.25. The number of halogens is 2. The van der Waals surface area contributed by atoms with Crippen LogP contribution in [0.25, 0.3) is 0 Å². The van der Waals surface area contributed by atoms with Crippen LogP contribution in [0, 0.1) is 19.7 Å². The van der Waals surface area contributed by atoms with Gasteiger partial charge in [-0.3, -0.25) is 0 Å². The summed E-state index contributed by atoms with van der Waals surface area (Å²) in [4.78, 5) is 2.17. The Kier molecular flexibility index (Phi) is 4.36. The highest BCUT2D eigenvalue weighted by atomic mass is 35.5. The maximum atomic E-state index is 13.6. The fourth-order valence-corrected chi connectivity index (χ4v) is 2.96. The molecule has 2 aromatic rings. The molecule has 0 bridgehead atoms. The van der Waals surface area contributed by atoms with E-state index in [1.807, 2.05) is 19.9 Å². The molecule has 0 radical (unpaired) electrons. The molecule has 0 unspecified atom stereocenters. The molecule has 6 heteroatoms. The predicted octanol–water partition coefficient (Wildman–Crippen LogP) is 3.45. The molecule has 1 N–H and O–H groups in total. The van der Waals surface area contributed by atoms with E-state index in [4.69, 9.17) is 16.1 Å². The Hall–Kier alpha value is -1.59. The van der Waals surface area contributed by atoms with E-state index in [0.717, 1.165) is 48.8 Å². The van der Waals surface area contributed by atoms with Crippen LogP contribution in [0.15, 0.2) is 22.7 Å². The van der Waals surface area contributed by atoms with Crippen molar-refractivity contribution in [2.75, 3.05) is 18.0 Å². The van der Waals surface area contributed by atoms with Gasteiger partial charge in [0.2, 0.25) is 0 Å².